The van der Waals surface area contributed by atoms with Crippen molar-refractivity contribution in [2.45, 2.75) is 57.2 Å². The van der Waals surface area contributed by atoms with Gasteiger partial charge in [0, 0.05) is 12.1 Å². The summed E-state index contributed by atoms with van der Waals surface area (Å²) < 4.78 is 5.43. The van der Waals surface area contributed by atoms with E-state index in [1.54, 1.807) is 0 Å². The zero-order chi connectivity index (χ0) is 13.7. The van der Waals surface area contributed by atoms with Gasteiger partial charge in [-0.25, -0.2) is 0 Å². The number of aliphatic hydroxyl groups excluding tert-OH is 1. The molecule has 0 aromatic heterocycles. The van der Waals surface area contributed by atoms with E-state index in [0.29, 0.717) is 13.2 Å². The van der Waals surface area contributed by atoms with Crippen molar-refractivity contribution in [3.8, 4) is 0 Å². The Bertz CT molecular complexity index is 290. The lowest BCUT2D eigenvalue weighted by molar-refractivity contribution is -0.126. The third-order valence-corrected chi connectivity index (χ3v) is 4.12. The number of hydrogen-bond acceptors (Lipinski definition) is 4. The summed E-state index contributed by atoms with van der Waals surface area (Å²) in [6.07, 6.45) is 4.24. The maximum atomic E-state index is 12.3. The summed E-state index contributed by atoms with van der Waals surface area (Å²) in [6, 6.07) is 0.373. The number of carbonyl (C=O) groups excluding carboxylic acids is 1. The summed E-state index contributed by atoms with van der Waals surface area (Å²) in [5.41, 5.74) is 0. The SMILES string of the molecule is CCCNC1COCC1C(=O)NC1CCC(O)CC1. The summed E-state index contributed by atoms with van der Waals surface area (Å²) in [7, 11) is 0. The highest BCUT2D eigenvalue weighted by Crippen LogP contribution is 2.20. The Morgan fingerprint density at radius 1 is 1.26 bits per heavy atom. The van der Waals surface area contributed by atoms with Crippen LogP contribution in [0.4, 0.5) is 0 Å². The molecular weight excluding hydrogens is 244 g/mol. The molecule has 1 aliphatic carbocycles. The van der Waals surface area contributed by atoms with Gasteiger partial charge in [0.05, 0.1) is 25.2 Å². The first-order chi connectivity index (χ1) is 9.20. The van der Waals surface area contributed by atoms with Gasteiger partial charge in [0.1, 0.15) is 0 Å². The number of carbonyl (C=O) groups is 1. The van der Waals surface area contributed by atoms with Crippen molar-refractivity contribution >= 4 is 5.91 Å². The van der Waals surface area contributed by atoms with Crippen molar-refractivity contribution in [3.05, 3.63) is 0 Å². The van der Waals surface area contributed by atoms with Crippen LogP contribution >= 0.6 is 0 Å². The molecule has 2 unspecified atom stereocenters. The fraction of sp³-hybridized carbons (Fsp3) is 0.929. The minimum atomic E-state index is -0.179. The van der Waals surface area contributed by atoms with Crippen molar-refractivity contribution in [2.24, 2.45) is 5.92 Å². The lowest BCUT2D eigenvalue weighted by Crippen LogP contribution is -2.48. The highest BCUT2D eigenvalue weighted by molar-refractivity contribution is 5.80. The summed E-state index contributed by atoms with van der Waals surface area (Å²) in [4.78, 5) is 12.3. The first-order valence-electron chi connectivity index (χ1n) is 7.50. The monoisotopic (exact) mass is 270 g/mol. The average molecular weight is 270 g/mol. The number of rotatable bonds is 5. The van der Waals surface area contributed by atoms with Crippen LogP contribution < -0.4 is 10.6 Å². The molecule has 5 heteroatoms. The highest BCUT2D eigenvalue weighted by atomic mass is 16.5. The molecule has 1 amide bonds. The molecule has 1 saturated heterocycles. The third-order valence-electron chi connectivity index (χ3n) is 4.12. The molecule has 0 radical (unpaired) electrons. The first-order valence-corrected chi connectivity index (χ1v) is 7.50. The molecule has 2 aliphatic rings. The van der Waals surface area contributed by atoms with E-state index in [0.717, 1.165) is 38.6 Å². The van der Waals surface area contributed by atoms with Crippen molar-refractivity contribution in [2.75, 3.05) is 19.8 Å². The Hall–Kier alpha value is -0.650. The van der Waals surface area contributed by atoms with Gasteiger partial charge in [-0.05, 0) is 38.6 Å². The van der Waals surface area contributed by atoms with Gasteiger partial charge in [0.2, 0.25) is 5.91 Å². The van der Waals surface area contributed by atoms with E-state index in [4.69, 9.17) is 4.74 Å². The molecule has 1 heterocycles. The highest BCUT2D eigenvalue weighted by Gasteiger charge is 2.34. The van der Waals surface area contributed by atoms with Gasteiger partial charge in [-0.2, -0.15) is 0 Å². The van der Waals surface area contributed by atoms with E-state index in [-0.39, 0.29) is 30.0 Å². The molecule has 110 valence electrons. The normalized spacial score (nSPS) is 35.3. The number of ether oxygens (including phenoxy) is 1. The Labute approximate surface area is 115 Å². The van der Waals surface area contributed by atoms with Crippen LogP contribution in [0.1, 0.15) is 39.0 Å². The van der Waals surface area contributed by atoms with Crippen molar-refractivity contribution in [1.29, 1.82) is 0 Å². The molecule has 2 atom stereocenters. The number of aliphatic hydroxyl groups is 1. The molecule has 1 saturated carbocycles. The molecule has 0 spiro atoms. The molecule has 2 fully saturated rings. The van der Waals surface area contributed by atoms with Crippen molar-refractivity contribution in [3.63, 3.8) is 0 Å². The molecule has 19 heavy (non-hydrogen) atoms. The first kappa shape index (κ1) is 14.8. The van der Waals surface area contributed by atoms with Crippen LogP contribution in [0.5, 0.6) is 0 Å². The second-order valence-corrected chi connectivity index (χ2v) is 5.72. The van der Waals surface area contributed by atoms with E-state index < -0.39 is 0 Å². The van der Waals surface area contributed by atoms with Crippen molar-refractivity contribution in [1.82, 2.24) is 10.6 Å². The van der Waals surface area contributed by atoms with Crippen LogP contribution in [-0.4, -0.2) is 49.0 Å². The molecule has 0 bridgehead atoms. The maximum absolute atomic E-state index is 12.3. The predicted molar refractivity (Wildman–Crippen MR) is 72.8 cm³/mol. The molecular formula is C14H26N2O3. The molecule has 5 nitrogen and oxygen atoms in total. The quantitative estimate of drug-likeness (QED) is 0.677. The van der Waals surface area contributed by atoms with E-state index >= 15 is 0 Å². The zero-order valence-electron chi connectivity index (χ0n) is 11.7. The van der Waals surface area contributed by atoms with E-state index in [1.807, 2.05) is 0 Å². The fourth-order valence-electron chi connectivity index (χ4n) is 2.87. The topological polar surface area (TPSA) is 70.6 Å². The largest absolute Gasteiger partial charge is 0.393 e. The Morgan fingerprint density at radius 3 is 2.68 bits per heavy atom. The fourth-order valence-corrected chi connectivity index (χ4v) is 2.87. The molecule has 0 aromatic carbocycles. The van der Waals surface area contributed by atoms with Crippen LogP contribution in [0.15, 0.2) is 0 Å². The van der Waals surface area contributed by atoms with Crippen molar-refractivity contribution < 1.29 is 14.6 Å². The second kappa shape index (κ2) is 7.22. The minimum Gasteiger partial charge on any atom is -0.393 e. The summed E-state index contributed by atoms with van der Waals surface area (Å²) in [5.74, 6) is 0.0332. The molecule has 2 rings (SSSR count). The van der Waals surface area contributed by atoms with E-state index in [9.17, 15) is 9.90 Å². The molecule has 3 N–H and O–H groups in total. The van der Waals surface area contributed by atoms with E-state index in [1.165, 1.54) is 0 Å². The average Bonchev–Trinajstić information content (AvgIpc) is 2.87. The standard InChI is InChI=1S/C14H26N2O3/c1-2-7-15-13-9-19-8-12(13)14(18)16-10-3-5-11(17)6-4-10/h10-13,15,17H,2-9H2,1H3,(H,16,18). The van der Waals surface area contributed by atoms with Gasteiger partial charge < -0.3 is 20.5 Å². The third kappa shape index (κ3) is 4.16. The van der Waals surface area contributed by atoms with Gasteiger partial charge in [0.15, 0.2) is 0 Å². The van der Waals surface area contributed by atoms with Crippen LogP contribution in [0.2, 0.25) is 0 Å². The predicted octanol–water partition coefficient (Wildman–Crippen LogP) is 0.421. The van der Waals surface area contributed by atoms with Crippen LogP contribution in [-0.2, 0) is 9.53 Å². The molecule has 1 aliphatic heterocycles. The summed E-state index contributed by atoms with van der Waals surface area (Å²) in [6.45, 7) is 4.18. The summed E-state index contributed by atoms with van der Waals surface area (Å²) >= 11 is 0. The lowest BCUT2D eigenvalue weighted by Gasteiger charge is -2.28. The van der Waals surface area contributed by atoms with Crippen LogP contribution in [0, 0.1) is 5.92 Å². The second-order valence-electron chi connectivity index (χ2n) is 5.72. The van der Waals surface area contributed by atoms with Crippen LogP contribution in [0.25, 0.3) is 0 Å². The maximum Gasteiger partial charge on any atom is 0.227 e. The minimum absolute atomic E-state index is 0.0709. The summed E-state index contributed by atoms with van der Waals surface area (Å²) in [5, 5.41) is 16.0. The number of nitrogens with one attached hydrogen (secondary N) is 2. The molecule has 0 aromatic rings. The van der Waals surface area contributed by atoms with Gasteiger partial charge >= 0.3 is 0 Å². The van der Waals surface area contributed by atoms with Gasteiger partial charge in [-0.3, -0.25) is 4.79 Å². The number of amides is 1. The van der Waals surface area contributed by atoms with Gasteiger partial charge in [-0.15, -0.1) is 0 Å². The Morgan fingerprint density at radius 2 is 2.00 bits per heavy atom. The van der Waals surface area contributed by atoms with Crippen LogP contribution in [0.3, 0.4) is 0 Å². The Kier molecular flexibility index (Phi) is 5.60. The van der Waals surface area contributed by atoms with E-state index in [2.05, 4.69) is 17.6 Å². The number of hydrogen-bond donors (Lipinski definition) is 3. The zero-order valence-corrected chi connectivity index (χ0v) is 11.7. The smallest absolute Gasteiger partial charge is 0.227 e. The Balaban J connectivity index is 1.78. The lowest BCUT2D eigenvalue weighted by atomic mass is 9.92. The van der Waals surface area contributed by atoms with Gasteiger partial charge in [0.25, 0.3) is 0 Å². The van der Waals surface area contributed by atoms with Gasteiger partial charge in [-0.1, -0.05) is 6.92 Å².